The van der Waals surface area contributed by atoms with E-state index in [2.05, 4.69) is 28.2 Å². The maximum absolute atomic E-state index is 13.3. The van der Waals surface area contributed by atoms with E-state index < -0.39 is 0 Å². The third kappa shape index (κ3) is 3.40. The number of carbonyl (C=O) groups is 1. The van der Waals surface area contributed by atoms with Gasteiger partial charge in [0.05, 0.1) is 5.54 Å². The van der Waals surface area contributed by atoms with Crippen molar-refractivity contribution in [1.29, 1.82) is 0 Å². The quantitative estimate of drug-likeness (QED) is 0.820. The molecule has 0 radical (unpaired) electrons. The molecule has 0 bridgehead atoms. The van der Waals surface area contributed by atoms with Crippen molar-refractivity contribution in [2.24, 2.45) is 5.92 Å². The monoisotopic (exact) mass is 341 g/mol. The molecule has 20 heavy (non-hydrogen) atoms. The molecule has 0 spiro atoms. The van der Waals surface area contributed by atoms with Crippen LogP contribution in [-0.2, 0) is 0 Å². The Bertz CT molecular complexity index is 495. The lowest BCUT2D eigenvalue weighted by Crippen LogP contribution is -2.52. The van der Waals surface area contributed by atoms with E-state index in [4.69, 9.17) is 0 Å². The van der Waals surface area contributed by atoms with Crippen LogP contribution >= 0.6 is 15.9 Å². The predicted molar refractivity (Wildman–Crippen MR) is 82.8 cm³/mol. The Labute approximate surface area is 128 Å². The van der Waals surface area contributed by atoms with Crippen LogP contribution in [0.5, 0.6) is 0 Å². The molecule has 1 fully saturated rings. The summed E-state index contributed by atoms with van der Waals surface area (Å²) in [5, 5.41) is 3.92. The van der Waals surface area contributed by atoms with E-state index in [9.17, 15) is 9.18 Å². The van der Waals surface area contributed by atoms with Crippen molar-refractivity contribution in [1.82, 2.24) is 5.32 Å². The summed E-state index contributed by atoms with van der Waals surface area (Å²) in [5.74, 6) is 0.345. The standard InChI is InChI=1S/C16H21BrFNO/c1-11-5-7-16(10-17,8-6-11)19-15(20)13-3-4-14(18)12(2)9-13/h3-4,9,11H,5-8,10H2,1-2H3,(H,19,20). The zero-order valence-electron chi connectivity index (χ0n) is 12.0. The van der Waals surface area contributed by atoms with Crippen molar-refractivity contribution in [3.8, 4) is 0 Å². The van der Waals surface area contributed by atoms with Crippen molar-refractivity contribution < 1.29 is 9.18 Å². The summed E-state index contributed by atoms with van der Waals surface area (Å²) in [6.45, 7) is 3.93. The van der Waals surface area contributed by atoms with Crippen LogP contribution in [0.25, 0.3) is 0 Å². The first-order chi connectivity index (χ1) is 9.46. The van der Waals surface area contributed by atoms with Gasteiger partial charge in [0.1, 0.15) is 5.82 Å². The highest BCUT2D eigenvalue weighted by Crippen LogP contribution is 2.33. The Morgan fingerprint density at radius 3 is 2.65 bits per heavy atom. The summed E-state index contributed by atoms with van der Waals surface area (Å²) in [5.41, 5.74) is 0.872. The predicted octanol–water partition coefficient (Wildman–Crippen LogP) is 4.21. The summed E-state index contributed by atoms with van der Waals surface area (Å²) >= 11 is 3.54. The third-order valence-electron chi connectivity index (χ3n) is 4.29. The Hall–Kier alpha value is -0.900. The number of rotatable bonds is 3. The molecule has 1 aromatic rings. The first-order valence-corrected chi connectivity index (χ1v) is 8.22. The lowest BCUT2D eigenvalue weighted by atomic mass is 9.78. The molecule has 4 heteroatoms. The SMILES string of the molecule is Cc1cc(C(=O)NC2(CBr)CCC(C)CC2)ccc1F. The molecular weight excluding hydrogens is 321 g/mol. The molecule has 0 aromatic heterocycles. The Kier molecular flexibility index (Phi) is 4.84. The number of nitrogens with one attached hydrogen (secondary N) is 1. The Balaban J connectivity index is 2.11. The minimum Gasteiger partial charge on any atom is -0.346 e. The van der Waals surface area contributed by atoms with Crippen molar-refractivity contribution >= 4 is 21.8 Å². The zero-order valence-corrected chi connectivity index (χ0v) is 13.6. The number of hydrogen-bond acceptors (Lipinski definition) is 1. The molecule has 110 valence electrons. The van der Waals surface area contributed by atoms with Gasteiger partial charge in [-0.3, -0.25) is 4.79 Å². The van der Waals surface area contributed by atoms with E-state index in [0.29, 0.717) is 11.1 Å². The van der Waals surface area contributed by atoms with Gasteiger partial charge in [0, 0.05) is 10.9 Å². The van der Waals surface area contributed by atoms with Crippen molar-refractivity contribution in [3.63, 3.8) is 0 Å². The van der Waals surface area contributed by atoms with E-state index in [1.165, 1.54) is 6.07 Å². The fourth-order valence-electron chi connectivity index (χ4n) is 2.71. The molecule has 0 heterocycles. The van der Waals surface area contributed by atoms with Crippen molar-refractivity contribution in [3.05, 3.63) is 35.1 Å². The molecule has 1 N–H and O–H groups in total. The number of alkyl halides is 1. The molecule has 1 aromatic carbocycles. The second kappa shape index (κ2) is 6.25. The van der Waals surface area contributed by atoms with Crippen LogP contribution in [0, 0.1) is 18.7 Å². The Morgan fingerprint density at radius 1 is 1.45 bits per heavy atom. The van der Waals surface area contributed by atoms with Gasteiger partial charge in [-0.2, -0.15) is 0 Å². The van der Waals surface area contributed by atoms with E-state index in [-0.39, 0.29) is 17.3 Å². The maximum Gasteiger partial charge on any atom is 0.251 e. The van der Waals surface area contributed by atoms with E-state index >= 15 is 0 Å². The first-order valence-electron chi connectivity index (χ1n) is 7.10. The van der Waals surface area contributed by atoms with E-state index in [1.54, 1.807) is 19.1 Å². The average molecular weight is 342 g/mol. The number of amides is 1. The zero-order chi connectivity index (χ0) is 14.8. The molecular formula is C16H21BrFNO. The van der Waals surface area contributed by atoms with Gasteiger partial charge in [0.2, 0.25) is 0 Å². The minimum absolute atomic E-state index is 0.109. The van der Waals surface area contributed by atoms with Gasteiger partial charge in [-0.15, -0.1) is 0 Å². The fourth-order valence-corrected chi connectivity index (χ4v) is 3.41. The molecule has 2 rings (SSSR count). The van der Waals surface area contributed by atoms with Gasteiger partial charge in [0.15, 0.2) is 0 Å². The van der Waals surface area contributed by atoms with Gasteiger partial charge in [0.25, 0.3) is 5.91 Å². The van der Waals surface area contributed by atoms with Gasteiger partial charge in [-0.1, -0.05) is 22.9 Å². The summed E-state index contributed by atoms with van der Waals surface area (Å²) in [6.07, 6.45) is 4.25. The summed E-state index contributed by atoms with van der Waals surface area (Å²) in [7, 11) is 0. The van der Waals surface area contributed by atoms with Gasteiger partial charge in [-0.05, 0) is 62.3 Å². The van der Waals surface area contributed by atoms with Crippen LogP contribution in [0.1, 0.15) is 48.5 Å². The van der Waals surface area contributed by atoms with Crippen LogP contribution in [0.3, 0.4) is 0 Å². The minimum atomic E-state index is -0.275. The molecule has 0 aliphatic heterocycles. The average Bonchev–Trinajstić information content (AvgIpc) is 2.44. The van der Waals surface area contributed by atoms with E-state index in [0.717, 1.165) is 36.9 Å². The number of carbonyl (C=O) groups excluding carboxylic acids is 1. The van der Waals surface area contributed by atoms with Gasteiger partial charge < -0.3 is 5.32 Å². The Morgan fingerprint density at radius 2 is 2.10 bits per heavy atom. The fraction of sp³-hybridized carbons (Fsp3) is 0.562. The highest BCUT2D eigenvalue weighted by Gasteiger charge is 2.34. The summed E-state index contributed by atoms with van der Waals surface area (Å²) in [6, 6.07) is 4.51. The summed E-state index contributed by atoms with van der Waals surface area (Å²) < 4.78 is 13.3. The molecule has 2 nitrogen and oxygen atoms in total. The maximum atomic E-state index is 13.3. The molecule has 1 aliphatic rings. The lowest BCUT2D eigenvalue weighted by molar-refractivity contribution is 0.0874. The van der Waals surface area contributed by atoms with Crippen LogP contribution < -0.4 is 5.32 Å². The molecule has 0 unspecified atom stereocenters. The molecule has 0 saturated heterocycles. The number of aryl methyl sites for hydroxylation is 1. The lowest BCUT2D eigenvalue weighted by Gasteiger charge is -2.39. The van der Waals surface area contributed by atoms with E-state index in [1.807, 2.05) is 0 Å². The van der Waals surface area contributed by atoms with Crippen LogP contribution in [0.4, 0.5) is 4.39 Å². The molecule has 1 aliphatic carbocycles. The van der Waals surface area contributed by atoms with Crippen molar-refractivity contribution in [2.45, 2.75) is 45.1 Å². The second-order valence-corrected chi connectivity index (χ2v) is 6.58. The van der Waals surface area contributed by atoms with Crippen LogP contribution in [-0.4, -0.2) is 16.8 Å². The van der Waals surface area contributed by atoms with Crippen molar-refractivity contribution in [2.75, 3.05) is 5.33 Å². The molecule has 1 amide bonds. The first kappa shape index (κ1) is 15.5. The normalized spacial score (nSPS) is 26.3. The topological polar surface area (TPSA) is 29.1 Å². The molecule has 1 saturated carbocycles. The highest BCUT2D eigenvalue weighted by atomic mass is 79.9. The number of benzene rings is 1. The smallest absolute Gasteiger partial charge is 0.251 e. The summed E-state index contributed by atoms with van der Waals surface area (Å²) in [4.78, 5) is 12.4. The largest absolute Gasteiger partial charge is 0.346 e. The van der Waals surface area contributed by atoms with Gasteiger partial charge >= 0.3 is 0 Å². The second-order valence-electron chi connectivity index (χ2n) is 6.01. The van der Waals surface area contributed by atoms with Gasteiger partial charge in [-0.25, -0.2) is 4.39 Å². The van der Waals surface area contributed by atoms with Crippen LogP contribution in [0.2, 0.25) is 0 Å². The highest BCUT2D eigenvalue weighted by molar-refractivity contribution is 9.09. The number of halogens is 2. The molecule has 0 atom stereocenters. The third-order valence-corrected chi connectivity index (χ3v) is 5.36. The number of hydrogen-bond donors (Lipinski definition) is 1. The van der Waals surface area contributed by atoms with Crippen LogP contribution in [0.15, 0.2) is 18.2 Å².